The van der Waals surface area contributed by atoms with Gasteiger partial charge in [0.2, 0.25) is 0 Å². The van der Waals surface area contributed by atoms with E-state index in [-0.39, 0.29) is 0 Å². The maximum Gasteiger partial charge on any atom is -0.0266 e. The van der Waals surface area contributed by atoms with E-state index in [1.807, 2.05) is 0 Å². The van der Waals surface area contributed by atoms with E-state index in [9.17, 15) is 0 Å². The van der Waals surface area contributed by atoms with Gasteiger partial charge in [-0.2, -0.15) is 0 Å². The first-order valence-corrected chi connectivity index (χ1v) is 11.4. The van der Waals surface area contributed by atoms with Crippen molar-refractivity contribution in [1.82, 2.24) is 0 Å². The highest BCUT2D eigenvalue weighted by molar-refractivity contribution is 5.08. The molecule has 138 valence electrons. The largest absolute Gasteiger partial charge is 0.0651 e. The summed E-state index contributed by atoms with van der Waals surface area (Å²) in [5, 5.41) is 0. The third-order valence-electron chi connectivity index (χ3n) is 10.3. The molecule has 4 fully saturated rings. The van der Waals surface area contributed by atoms with Gasteiger partial charge in [0.15, 0.2) is 0 Å². The molecule has 0 N–H and O–H groups in total. The van der Waals surface area contributed by atoms with Crippen LogP contribution in [0.3, 0.4) is 0 Å². The minimum Gasteiger partial charge on any atom is -0.0651 e. The van der Waals surface area contributed by atoms with Crippen LogP contribution in [0.25, 0.3) is 0 Å². The number of hydrogen-bond acceptors (Lipinski definition) is 0. The van der Waals surface area contributed by atoms with Crippen molar-refractivity contribution in [2.75, 3.05) is 0 Å². The molecule has 0 aliphatic heterocycles. The second-order valence-electron chi connectivity index (χ2n) is 11.0. The standard InChI is InChI=1S/C24H42/c1-6-17-14-22-20-11-13-24(5)18(7-2)8-9-21(24)19(20)10-12-23(22,4)15-16(17)3/h16-22H,6-15H2,1-5H3. The highest BCUT2D eigenvalue weighted by atomic mass is 14.6. The molecular weight excluding hydrogens is 288 g/mol. The van der Waals surface area contributed by atoms with E-state index in [2.05, 4.69) is 34.6 Å². The minimum absolute atomic E-state index is 0.683. The van der Waals surface area contributed by atoms with Gasteiger partial charge in [0.05, 0.1) is 0 Å². The molecule has 0 amide bonds. The lowest BCUT2D eigenvalue weighted by molar-refractivity contribution is -0.115. The minimum atomic E-state index is 0.683. The lowest BCUT2D eigenvalue weighted by Crippen LogP contribution is -2.53. The van der Waals surface area contributed by atoms with Crippen LogP contribution < -0.4 is 0 Å². The van der Waals surface area contributed by atoms with Crippen LogP contribution in [0.4, 0.5) is 0 Å². The van der Waals surface area contributed by atoms with Crippen LogP contribution in [0.15, 0.2) is 0 Å². The summed E-state index contributed by atoms with van der Waals surface area (Å²) in [6.07, 6.45) is 15.3. The first kappa shape index (κ1) is 17.4. The zero-order valence-electron chi connectivity index (χ0n) is 17.1. The summed E-state index contributed by atoms with van der Waals surface area (Å²) in [6, 6.07) is 0. The zero-order chi connectivity index (χ0) is 17.1. The van der Waals surface area contributed by atoms with Crippen LogP contribution in [0, 0.1) is 52.3 Å². The Bertz CT molecular complexity index is 467. The Kier molecular flexibility index (Phi) is 4.37. The maximum atomic E-state index is 2.70. The molecule has 24 heavy (non-hydrogen) atoms. The second-order valence-corrected chi connectivity index (χ2v) is 11.0. The van der Waals surface area contributed by atoms with Crippen molar-refractivity contribution >= 4 is 0 Å². The van der Waals surface area contributed by atoms with E-state index >= 15 is 0 Å². The first-order valence-electron chi connectivity index (χ1n) is 11.4. The van der Waals surface area contributed by atoms with Gasteiger partial charge in [0.25, 0.3) is 0 Å². The van der Waals surface area contributed by atoms with E-state index in [1.54, 1.807) is 38.5 Å². The second kappa shape index (κ2) is 6.02. The van der Waals surface area contributed by atoms with Gasteiger partial charge < -0.3 is 0 Å². The molecule has 0 aromatic carbocycles. The van der Waals surface area contributed by atoms with Crippen LogP contribution in [0.1, 0.15) is 98.8 Å². The lowest BCUT2D eigenvalue weighted by atomic mass is 9.44. The Morgan fingerprint density at radius 2 is 1.54 bits per heavy atom. The summed E-state index contributed by atoms with van der Waals surface area (Å²) < 4.78 is 0. The fraction of sp³-hybridized carbons (Fsp3) is 1.00. The van der Waals surface area contributed by atoms with Crippen molar-refractivity contribution in [3.63, 3.8) is 0 Å². The zero-order valence-corrected chi connectivity index (χ0v) is 17.1. The Hall–Kier alpha value is 0. The monoisotopic (exact) mass is 330 g/mol. The van der Waals surface area contributed by atoms with Gasteiger partial charge in [-0.15, -0.1) is 0 Å². The molecule has 4 saturated carbocycles. The van der Waals surface area contributed by atoms with Gasteiger partial charge in [-0.05, 0) is 104 Å². The maximum absolute atomic E-state index is 2.70. The quantitative estimate of drug-likeness (QED) is 0.497. The summed E-state index contributed by atoms with van der Waals surface area (Å²) in [4.78, 5) is 0. The third-order valence-corrected chi connectivity index (χ3v) is 10.3. The van der Waals surface area contributed by atoms with Gasteiger partial charge in [-0.25, -0.2) is 0 Å². The Balaban J connectivity index is 1.59. The molecule has 0 nitrogen and oxygen atoms in total. The molecule has 0 bridgehead atoms. The molecule has 9 unspecified atom stereocenters. The average Bonchev–Trinajstić information content (AvgIpc) is 2.90. The Labute approximate surface area is 151 Å². The fourth-order valence-corrected chi connectivity index (χ4v) is 8.95. The number of rotatable bonds is 2. The molecule has 0 saturated heterocycles. The lowest BCUT2D eigenvalue weighted by Gasteiger charge is -2.61. The molecular formula is C24H42. The van der Waals surface area contributed by atoms with Crippen molar-refractivity contribution in [2.45, 2.75) is 98.8 Å². The molecule has 4 aliphatic rings. The van der Waals surface area contributed by atoms with Gasteiger partial charge in [-0.3, -0.25) is 0 Å². The molecule has 4 rings (SSSR count). The molecule has 0 aromatic heterocycles. The van der Waals surface area contributed by atoms with Crippen molar-refractivity contribution in [3.05, 3.63) is 0 Å². The van der Waals surface area contributed by atoms with Crippen LogP contribution in [0.2, 0.25) is 0 Å². The average molecular weight is 331 g/mol. The van der Waals surface area contributed by atoms with E-state index < -0.39 is 0 Å². The number of fused-ring (bicyclic) bond motifs is 5. The highest BCUT2D eigenvalue weighted by Gasteiger charge is 2.59. The SMILES string of the molecule is CCC1CC2C3CCC4(C)C(CC)CCC4C3CCC2(C)CC1C. The van der Waals surface area contributed by atoms with Gasteiger partial charge >= 0.3 is 0 Å². The molecule has 0 heterocycles. The molecule has 0 spiro atoms. The Morgan fingerprint density at radius 3 is 2.25 bits per heavy atom. The highest BCUT2D eigenvalue weighted by Crippen LogP contribution is 2.67. The summed E-state index contributed by atoms with van der Waals surface area (Å²) in [6.45, 7) is 12.8. The predicted octanol–water partition coefficient (Wildman–Crippen LogP) is 7.33. The summed E-state index contributed by atoms with van der Waals surface area (Å²) in [5.41, 5.74) is 1.39. The van der Waals surface area contributed by atoms with E-state index in [1.165, 1.54) is 25.7 Å². The summed E-state index contributed by atoms with van der Waals surface area (Å²) >= 11 is 0. The topological polar surface area (TPSA) is 0 Å². The smallest absolute Gasteiger partial charge is 0.0266 e. The van der Waals surface area contributed by atoms with Crippen molar-refractivity contribution in [1.29, 1.82) is 0 Å². The first-order chi connectivity index (χ1) is 11.4. The van der Waals surface area contributed by atoms with Gasteiger partial charge in [0, 0.05) is 0 Å². The normalized spacial score (nSPS) is 57.1. The summed E-state index contributed by atoms with van der Waals surface area (Å²) in [7, 11) is 0. The van der Waals surface area contributed by atoms with Crippen molar-refractivity contribution in [3.8, 4) is 0 Å². The van der Waals surface area contributed by atoms with E-state index in [0.29, 0.717) is 10.8 Å². The van der Waals surface area contributed by atoms with Crippen LogP contribution >= 0.6 is 0 Å². The van der Waals surface area contributed by atoms with Crippen LogP contribution in [0.5, 0.6) is 0 Å². The molecule has 9 atom stereocenters. The summed E-state index contributed by atoms with van der Waals surface area (Å²) in [5.74, 6) is 7.32. The van der Waals surface area contributed by atoms with Crippen molar-refractivity contribution in [2.24, 2.45) is 52.3 Å². The van der Waals surface area contributed by atoms with Gasteiger partial charge in [0.1, 0.15) is 0 Å². The molecule has 0 heteroatoms. The number of hydrogen-bond donors (Lipinski definition) is 0. The van der Waals surface area contributed by atoms with Crippen molar-refractivity contribution < 1.29 is 0 Å². The van der Waals surface area contributed by atoms with E-state index in [4.69, 9.17) is 0 Å². The van der Waals surface area contributed by atoms with Crippen LogP contribution in [-0.2, 0) is 0 Å². The molecule has 0 radical (unpaired) electrons. The Morgan fingerprint density at radius 1 is 0.833 bits per heavy atom. The third kappa shape index (κ3) is 2.37. The van der Waals surface area contributed by atoms with Crippen LogP contribution in [-0.4, -0.2) is 0 Å². The fourth-order valence-electron chi connectivity index (χ4n) is 8.95. The predicted molar refractivity (Wildman–Crippen MR) is 104 cm³/mol. The van der Waals surface area contributed by atoms with E-state index in [0.717, 1.165) is 41.4 Å². The molecule has 0 aromatic rings. The van der Waals surface area contributed by atoms with Gasteiger partial charge in [-0.1, -0.05) is 47.5 Å². The molecule has 4 aliphatic carbocycles.